The third-order valence-corrected chi connectivity index (χ3v) is 5.08. The van der Waals surface area contributed by atoms with Crippen molar-refractivity contribution in [3.63, 3.8) is 0 Å². The van der Waals surface area contributed by atoms with Gasteiger partial charge in [0.2, 0.25) is 0 Å². The SMILES string of the molecule is N#CC1C(=O)N=c2cnccc2=C1N1CCC2(CC1)CC2. The number of likely N-dealkylation sites (tertiary alicyclic amines) is 1. The van der Waals surface area contributed by atoms with E-state index in [9.17, 15) is 10.1 Å². The summed E-state index contributed by atoms with van der Waals surface area (Å²) < 4.78 is 0. The lowest BCUT2D eigenvalue weighted by Crippen LogP contribution is -2.46. The van der Waals surface area contributed by atoms with Crippen molar-refractivity contribution in [2.45, 2.75) is 25.7 Å². The average molecular weight is 280 g/mol. The monoisotopic (exact) mass is 280 g/mol. The summed E-state index contributed by atoms with van der Waals surface area (Å²) in [6.45, 7) is 1.87. The van der Waals surface area contributed by atoms with Gasteiger partial charge in [-0.05, 0) is 37.2 Å². The number of hydrogen-bond acceptors (Lipinski definition) is 4. The maximum atomic E-state index is 12.1. The van der Waals surface area contributed by atoms with E-state index in [1.54, 1.807) is 12.4 Å². The van der Waals surface area contributed by atoms with Crippen molar-refractivity contribution in [1.29, 1.82) is 5.26 Å². The van der Waals surface area contributed by atoms with E-state index in [4.69, 9.17) is 0 Å². The van der Waals surface area contributed by atoms with Crippen LogP contribution >= 0.6 is 0 Å². The molecule has 0 bridgehead atoms. The average Bonchev–Trinajstić information content (AvgIpc) is 3.26. The number of aromatic nitrogens is 1. The van der Waals surface area contributed by atoms with Crippen LogP contribution in [0.15, 0.2) is 23.5 Å². The number of nitriles is 1. The molecule has 1 spiro atoms. The number of fused-ring (bicyclic) bond motifs is 1. The summed E-state index contributed by atoms with van der Waals surface area (Å²) in [4.78, 5) is 22.4. The first-order valence-corrected chi connectivity index (χ1v) is 7.44. The first-order chi connectivity index (χ1) is 10.2. The number of rotatable bonds is 1. The summed E-state index contributed by atoms with van der Waals surface area (Å²) in [7, 11) is 0. The Labute approximate surface area is 122 Å². The van der Waals surface area contributed by atoms with E-state index in [1.807, 2.05) is 6.07 Å². The zero-order chi connectivity index (χ0) is 14.4. The van der Waals surface area contributed by atoms with Crippen molar-refractivity contribution in [3.8, 4) is 6.07 Å². The zero-order valence-electron chi connectivity index (χ0n) is 11.7. The Kier molecular flexibility index (Phi) is 2.61. The third kappa shape index (κ3) is 1.94. The molecule has 3 heterocycles. The molecule has 1 atom stereocenters. The van der Waals surface area contributed by atoms with E-state index in [2.05, 4.69) is 20.9 Å². The number of amides is 1. The highest BCUT2D eigenvalue weighted by atomic mass is 16.1. The van der Waals surface area contributed by atoms with Crippen LogP contribution in [-0.4, -0.2) is 28.9 Å². The van der Waals surface area contributed by atoms with Gasteiger partial charge in [0.25, 0.3) is 5.91 Å². The summed E-state index contributed by atoms with van der Waals surface area (Å²) in [6.07, 6.45) is 8.32. The van der Waals surface area contributed by atoms with E-state index in [0.717, 1.165) is 24.0 Å². The molecule has 4 rings (SSSR count). The highest BCUT2D eigenvalue weighted by Crippen LogP contribution is 2.54. The number of carbonyl (C=O) groups excluding carboxylic acids is 1. The van der Waals surface area contributed by atoms with E-state index in [-0.39, 0.29) is 5.91 Å². The predicted octanol–water partition coefficient (Wildman–Crippen LogP) is 0.365. The quantitative estimate of drug-likeness (QED) is 0.745. The molecule has 1 aliphatic carbocycles. The number of carbonyl (C=O) groups is 1. The number of hydrogen-bond donors (Lipinski definition) is 0. The summed E-state index contributed by atoms with van der Waals surface area (Å²) in [5.41, 5.74) is 1.41. The molecule has 1 unspecified atom stereocenters. The smallest absolute Gasteiger partial charge is 0.269 e. The van der Waals surface area contributed by atoms with Crippen LogP contribution in [0.5, 0.6) is 0 Å². The molecule has 1 amide bonds. The van der Waals surface area contributed by atoms with Crippen LogP contribution in [0.4, 0.5) is 0 Å². The molecule has 2 fully saturated rings. The molecular weight excluding hydrogens is 264 g/mol. The Morgan fingerprint density at radius 1 is 1.29 bits per heavy atom. The topological polar surface area (TPSA) is 69.3 Å². The van der Waals surface area contributed by atoms with Crippen molar-refractivity contribution in [1.82, 2.24) is 9.88 Å². The Balaban J connectivity index is 1.82. The molecule has 2 aliphatic heterocycles. The molecular formula is C16H16N4O. The Morgan fingerprint density at radius 3 is 2.71 bits per heavy atom. The fourth-order valence-electron chi connectivity index (χ4n) is 3.52. The van der Waals surface area contributed by atoms with Gasteiger partial charge in [-0.15, -0.1) is 0 Å². The normalized spacial score (nSPS) is 26.0. The number of piperidine rings is 1. The highest BCUT2D eigenvalue weighted by molar-refractivity contribution is 5.92. The second kappa shape index (κ2) is 4.39. The summed E-state index contributed by atoms with van der Waals surface area (Å²) in [6, 6.07) is 4.00. The molecule has 5 nitrogen and oxygen atoms in total. The van der Waals surface area contributed by atoms with Crippen LogP contribution in [0.1, 0.15) is 25.7 Å². The second-order valence-electron chi connectivity index (χ2n) is 6.28. The van der Waals surface area contributed by atoms with Gasteiger partial charge in [0.15, 0.2) is 5.92 Å². The Hall–Kier alpha value is -2.22. The van der Waals surface area contributed by atoms with Crippen molar-refractivity contribution in [2.75, 3.05) is 13.1 Å². The van der Waals surface area contributed by atoms with Crippen molar-refractivity contribution in [2.24, 2.45) is 16.3 Å². The fraction of sp³-hybridized carbons (Fsp3) is 0.500. The minimum absolute atomic E-state index is 0.361. The molecule has 21 heavy (non-hydrogen) atoms. The molecule has 0 radical (unpaired) electrons. The molecule has 106 valence electrons. The van der Waals surface area contributed by atoms with Crippen LogP contribution in [0.25, 0.3) is 5.70 Å². The molecule has 1 saturated carbocycles. The van der Waals surface area contributed by atoms with Crippen LogP contribution < -0.4 is 10.6 Å². The molecule has 0 aromatic carbocycles. The molecule has 5 heteroatoms. The van der Waals surface area contributed by atoms with Crippen molar-refractivity contribution < 1.29 is 4.79 Å². The van der Waals surface area contributed by atoms with E-state index < -0.39 is 5.92 Å². The van der Waals surface area contributed by atoms with E-state index in [1.165, 1.54) is 25.7 Å². The highest BCUT2D eigenvalue weighted by Gasteiger charge is 2.45. The first-order valence-electron chi connectivity index (χ1n) is 7.44. The van der Waals surface area contributed by atoms with Gasteiger partial charge in [-0.3, -0.25) is 9.78 Å². The van der Waals surface area contributed by atoms with Crippen LogP contribution in [0.2, 0.25) is 0 Å². The lowest BCUT2D eigenvalue weighted by Gasteiger charge is -2.37. The molecule has 1 aromatic heterocycles. The van der Waals surface area contributed by atoms with Gasteiger partial charge in [0.05, 0.1) is 23.3 Å². The lowest BCUT2D eigenvalue weighted by atomic mass is 9.91. The van der Waals surface area contributed by atoms with E-state index in [0.29, 0.717) is 10.8 Å². The van der Waals surface area contributed by atoms with Crippen LogP contribution in [0, 0.1) is 22.7 Å². The number of nitrogens with zero attached hydrogens (tertiary/aromatic N) is 4. The third-order valence-electron chi connectivity index (χ3n) is 5.08. The minimum Gasteiger partial charge on any atom is -0.373 e. The van der Waals surface area contributed by atoms with Gasteiger partial charge in [-0.1, -0.05) is 0 Å². The minimum atomic E-state index is -0.770. The second-order valence-corrected chi connectivity index (χ2v) is 6.28. The van der Waals surface area contributed by atoms with Gasteiger partial charge >= 0.3 is 0 Å². The number of pyridine rings is 1. The van der Waals surface area contributed by atoms with E-state index >= 15 is 0 Å². The lowest BCUT2D eigenvalue weighted by molar-refractivity contribution is -0.119. The predicted molar refractivity (Wildman–Crippen MR) is 75.0 cm³/mol. The van der Waals surface area contributed by atoms with Crippen LogP contribution in [0.3, 0.4) is 0 Å². The van der Waals surface area contributed by atoms with Gasteiger partial charge < -0.3 is 4.90 Å². The van der Waals surface area contributed by atoms with Gasteiger partial charge in [-0.2, -0.15) is 5.26 Å². The molecule has 1 aromatic rings. The summed E-state index contributed by atoms with van der Waals surface area (Å²) in [5.74, 6) is -1.13. The maximum Gasteiger partial charge on any atom is 0.269 e. The van der Waals surface area contributed by atoms with Gasteiger partial charge in [0.1, 0.15) is 0 Å². The molecule has 1 saturated heterocycles. The van der Waals surface area contributed by atoms with Gasteiger partial charge in [-0.25, -0.2) is 4.99 Å². The molecule has 3 aliphatic rings. The standard InChI is InChI=1S/C16H16N4O/c17-9-12-14(20-7-4-16(2-3-16)5-8-20)11-1-6-18-10-13(11)19-15(12)21/h1,6,10,12H,2-5,7-8H2. The molecule has 0 N–H and O–H groups in total. The Bertz CT molecular complexity index is 762. The first kappa shape index (κ1) is 12.5. The largest absolute Gasteiger partial charge is 0.373 e. The summed E-state index contributed by atoms with van der Waals surface area (Å²) in [5, 5.41) is 10.9. The maximum absolute atomic E-state index is 12.1. The Morgan fingerprint density at radius 2 is 2.05 bits per heavy atom. The van der Waals surface area contributed by atoms with Crippen molar-refractivity contribution in [3.05, 3.63) is 29.0 Å². The zero-order valence-corrected chi connectivity index (χ0v) is 11.7. The van der Waals surface area contributed by atoms with Crippen LogP contribution in [-0.2, 0) is 4.79 Å². The fourth-order valence-corrected chi connectivity index (χ4v) is 3.52. The van der Waals surface area contributed by atoms with Crippen molar-refractivity contribution >= 4 is 11.6 Å². The van der Waals surface area contributed by atoms with Gasteiger partial charge in [0, 0.05) is 24.5 Å². The summed E-state index contributed by atoms with van der Waals surface area (Å²) >= 11 is 0.